The van der Waals surface area contributed by atoms with Crippen molar-refractivity contribution in [3.63, 3.8) is 0 Å². The van der Waals surface area contributed by atoms with Crippen LogP contribution in [0.3, 0.4) is 0 Å². The molecule has 0 saturated carbocycles. The Hall–Kier alpha value is -0.950. The third-order valence-corrected chi connectivity index (χ3v) is 4.85. The number of aryl methyl sites for hydroxylation is 1. The van der Waals surface area contributed by atoms with E-state index in [4.69, 9.17) is 5.11 Å². The first-order chi connectivity index (χ1) is 9.62. The van der Waals surface area contributed by atoms with Gasteiger partial charge in [0.25, 0.3) is 10.0 Å². The van der Waals surface area contributed by atoms with Gasteiger partial charge in [0.2, 0.25) is 0 Å². The minimum Gasteiger partial charge on any atom is -0.396 e. The van der Waals surface area contributed by atoms with Crippen molar-refractivity contribution in [2.45, 2.75) is 37.0 Å². The van der Waals surface area contributed by atoms with E-state index >= 15 is 0 Å². The summed E-state index contributed by atoms with van der Waals surface area (Å²) in [5, 5.41) is 10.6. The molecular formula is C14H22N2O3S. The Kier molecular flexibility index (Phi) is 5.54. The molecule has 0 aromatic heterocycles. The van der Waals surface area contributed by atoms with Crippen LogP contribution in [0.15, 0.2) is 29.2 Å². The molecule has 5 nitrogen and oxygen atoms in total. The summed E-state index contributed by atoms with van der Waals surface area (Å²) < 4.78 is 24.5. The van der Waals surface area contributed by atoms with Crippen LogP contribution in [0.4, 0.5) is 0 Å². The van der Waals surface area contributed by atoms with Crippen molar-refractivity contribution in [3.8, 4) is 0 Å². The Morgan fingerprint density at radius 1 is 1.10 bits per heavy atom. The molecule has 1 heterocycles. The Balaban J connectivity index is 2.01. The van der Waals surface area contributed by atoms with Crippen LogP contribution in [0.2, 0.25) is 0 Å². The number of rotatable bonds is 6. The van der Waals surface area contributed by atoms with Crippen LogP contribution < -0.4 is 4.83 Å². The Labute approximate surface area is 120 Å². The van der Waals surface area contributed by atoms with Gasteiger partial charge in [-0.1, -0.05) is 18.6 Å². The van der Waals surface area contributed by atoms with E-state index in [9.17, 15) is 8.42 Å². The SMILES string of the molecule is O=S(=O)(NN1CCCCC1)c1ccc(CCCO)cc1. The lowest BCUT2D eigenvalue weighted by molar-refractivity contribution is 0.200. The van der Waals surface area contributed by atoms with Crippen molar-refractivity contribution in [2.75, 3.05) is 19.7 Å². The Bertz CT molecular complexity index is 508. The summed E-state index contributed by atoms with van der Waals surface area (Å²) in [7, 11) is -3.47. The number of benzene rings is 1. The summed E-state index contributed by atoms with van der Waals surface area (Å²) in [6.07, 6.45) is 4.68. The van der Waals surface area contributed by atoms with E-state index in [1.165, 1.54) is 0 Å². The van der Waals surface area contributed by atoms with Crippen LogP contribution >= 0.6 is 0 Å². The molecule has 1 aromatic carbocycles. The maximum atomic E-state index is 12.2. The molecule has 0 amide bonds. The number of hydrogen-bond donors (Lipinski definition) is 2. The van der Waals surface area contributed by atoms with Gasteiger partial charge >= 0.3 is 0 Å². The minimum atomic E-state index is -3.47. The molecule has 2 rings (SSSR count). The second kappa shape index (κ2) is 7.17. The molecule has 6 heteroatoms. The highest BCUT2D eigenvalue weighted by Gasteiger charge is 2.19. The molecule has 1 aliphatic heterocycles. The third-order valence-electron chi connectivity index (χ3n) is 3.46. The number of hydrazine groups is 1. The second-order valence-corrected chi connectivity index (χ2v) is 6.77. The average molecular weight is 298 g/mol. The summed E-state index contributed by atoms with van der Waals surface area (Å²) in [5.74, 6) is 0. The van der Waals surface area contributed by atoms with Crippen LogP contribution in [0.25, 0.3) is 0 Å². The summed E-state index contributed by atoms with van der Waals surface area (Å²) in [6.45, 7) is 1.69. The van der Waals surface area contributed by atoms with E-state index in [-0.39, 0.29) is 11.5 Å². The predicted molar refractivity (Wildman–Crippen MR) is 77.6 cm³/mol. The average Bonchev–Trinajstić information content (AvgIpc) is 2.46. The zero-order chi connectivity index (χ0) is 14.4. The first kappa shape index (κ1) is 15.4. The van der Waals surface area contributed by atoms with Gasteiger partial charge in [-0.15, -0.1) is 4.83 Å². The summed E-state index contributed by atoms with van der Waals surface area (Å²) in [5.41, 5.74) is 1.04. The molecule has 1 aromatic rings. The van der Waals surface area contributed by atoms with Gasteiger partial charge in [0.05, 0.1) is 4.90 Å². The van der Waals surface area contributed by atoms with E-state index < -0.39 is 10.0 Å². The lowest BCUT2D eigenvalue weighted by Gasteiger charge is -2.26. The van der Waals surface area contributed by atoms with Gasteiger partial charge in [0.1, 0.15) is 0 Å². The fourth-order valence-corrected chi connectivity index (χ4v) is 3.45. The third kappa shape index (κ3) is 4.28. The van der Waals surface area contributed by atoms with Gasteiger partial charge in [-0.3, -0.25) is 0 Å². The smallest absolute Gasteiger partial charge is 0.253 e. The monoisotopic (exact) mass is 298 g/mol. The Morgan fingerprint density at radius 2 is 1.75 bits per heavy atom. The van der Waals surface area contributed by atoms with Crippen molar-refractivity contribution < 1.29 is 13.5 Å². The highest BCUT2D eigenvalue weighted by molar-refractivity contribution is 7.89. The standard InChI is InChI=1S/C14H22N2O3S/c17-12-4-5-13-6-8-14(9-7-13)20(18,19)15-16-10-2-1-3-11-16/h6-9,15,17H,1-5,10-12H2. The van der Waals surface area contributed by atoms with E-state index in [1.54, 1.807) is 29.3 Å². The molecule has 0 radical (unpaired) electrons. The molecule has 2 N–H and O–H groups in total. The van der Waals surface area contributed by atoms with Gasteiger partial charge in [-0.05, 0) is 43.4 Å². The van der Waals surface area contributed by atoms with Crippen molar-refractivity contribution in [1.29, 1.82) is 0 Å². The van der Waals surface area contributed by atoms with Crippen LogP contribution in [-0.4, -0.2) is 38.2 Å². The number of aliphatic hydroxyl groups excluding tert-OH is 1. The number of nitrogens with zero attached hydrogens (tertiary/aromatic N) is 1. The van der Waals surface area contributed by atoms with E-state index in [0.29, 0.717) is 6.42 Å². The number of aliphatic hydroxyl groups is 1. The summed E-state index contributed by atoms with van der Waals surface area (Å²) >= 11 is 0. The number of piperidine rings is 1. The topological polar surface area (TPSA) is 69.6 Å². The quantitative estimate of drug-likeness (QED) is 0.830. The highest BCUT2D eigenvalue weighted by Crippen LogP contribution is 2.14. The summed E-state index contributed by atoms with van der Waals surface area (Å²) in [4.78, 5) is 2.93. The zero-order valence-electron chi connectivity index (χ0n) is 11.6. The number of sulfonamides is 1. The van der Waals surface area contributed by atoms with Crippen molar-refractivity contribution in [1.82, 2.24) is 9.84 Å². The fraction of sp³-hybridized carbons (Fsp3) is 0.571. The summed E-state index contributed by atoms with van der Waals surface area (Å²) in [6, 6.07) is 6.86. The molecular weight excluding hydrogens is 276 g/mol. The molecule has 1 saturated heterocycles. The van der Waals surface area contributed by atoms with Crippen LogP contribution in [0.1, 0.15) is 31.2 Å². The molecule has 1 fully saturated rings. The van der Waals surface area contributed by atoms with Crippen molar-refractivity contribution >= 4 is 10.0 Å². The van der Waals surface area contributed by atoms with Crippen molar-refractivity contribution in [2.24, 2.45) is 0 Å². The van der Waals surface area contributed by atoms with Gasteiger partial charge in [-0.25, -0.2) is 13.4 Å². The molecule has 112 valence electrons. The first-order valence-electron chi connectivity index (χ1n) is 7.09. The van der Waals surface area contributed by atoms with Crippen LogP contribution in [0.5, 0.6) is 0 Å². The van der Waals surface area contributed by atoms with Crippen molar-refractivity contribution in [3.05, 3.63) is 29.8 Å². The van der Waals surface area contributed by atoms with Gasteiger partial charge in [0.15, 0.2) is 0 Å². The molecule has 1 aliphatic rings. The number of hydrogen-bond acceptors (Lipinski definition) is 4. The first-order valence-corrected chi connectivity index (χ1v) is 8.57. The van der Waals surface area contributed by atoms with Crippen LogP contribution in [-0.2, 0) is 16.4 Å². The number of nitrogens with one attached hydrogen (secondary N) is 1. The molecule has 0 bridgehead atoms. The molecule has 20 heavy (non-hydrogen) atoms. The lowest BCUT2D eigenvalue weighted by atomic mass is 10.1. The molecule has 0 spiro atoms. The maximum absolute atomic E-state index is 12.2. The minimum absolute atomic E-state index is 0.149. The molecule has 0 unspecified atom stereocenters. The predicted octanol–water partition coefficient (Wildman–Crippen LogP) is 1.29. The van der Waals surface area contributed by atoms with Gasteiger partial charge in [0, 0.05) is 19.7 Å². The Morgan fingerprint density at radius 3 is 2.35 bits per heavy atom. The normalized spacial score (nSPS) is 17.2. The fourth-order valence-electron chi connectivity index (χ4n) is 2.33. The zero-order valence-corrected chi connectivity index (χ0v) is 12.4. The van der Waals surface area contributed by atoms with E-state index in [0.717, 1.165) is 44.3 Å². The van der Waals surface area contributed by atoms with Gasteiger partial charge in [-0.2, -0.15) is 0 Å². The molecule has 0 atom stereocenters. The lowest BCUT2D eigenvalue weighted by Crippen LogP contribution is -2.44. The molecule has 0 aliphatic carbocycles. The van der Waals surface area contributed by atoms with E-state index in [1.807, 2.05) is 0 Å². The van der Waals surface area contributed by atoms with E-state index in [2.05, 4.69) is 4.83 Å². The van der Waals surface area contributed by atoms with Gasteiger partial charge < -0.3 is 5.11 Å². The highest BCUT2D eigenvalue weighted by atomic mass is 32.2. The largest absolute Gasteiger partial charge is 0.396 e. The maximum Gasteiger partial charge on any atom is 0.253 e. The second-order valence-electron chi connectivity index (χ2n) is 5.11. The van der Waals surface area contributed by atoms with Crippen LogP contribution in [0, 0.1) is 0 Å².